The van der Waals surface area contributed by atoms with Crippen LogP contribution in [0.25, 0.3) is 11.1 Å². The molecule has 2 saturated heterocycles. The summed E-state index contributed by atoms with van der Waals surface area (Å²) in [5, 5.41) is 20.7. The molecule has 3 fully saturated rings. The fourth-order valence-electron chi connectivity index (χ4n) is 6.54. The van der Waals surface area contributed by atoms with Crippen molar-refractivity contribution in [1.29, 1.82) is 5.26 Å². The summed E-state index contributed by atoms with van der Waals surface area (Å²) in [7, 11) is 1.88. The zero-order valence-electron chi connectivity index (χ0n) is 26.4. The predicted octanol–water partition coefficient (Wildman–Crippen LogP) is 3.89. The maximum atomic E-state index is 13.7. The fourth-order valence-corrected chi connectivity index (χ4v) is 6.54. The molecule has 3 aromatic heterocycles. The lowest BCUT2D eigenvalue weighted by Gasteiger charge is -2.48. The highest BCUT2D eigenvalue weighted by atomic mass is 16.6. The van der Waals surface area contributed by atoms with Crippen molar-refractivity contribution in [2.45, 2.75) is 49.9 Å². The molecule has 2 aliphatic heterocycles. The zero-order valence-corrected chi connectivity index (χ0v) is 26.4. The van der Waals surface area contributed by atoms with Gasteiger partial charge in [0, 0.05) is 55.7 Å². The number of aryl methyl sites for hydroxylation is 1. The van der Waals surface area contributed by atoms with Gasteiger partial charge in [0.25, 0.3) is 0 Å². The number of anilines is 3. The number of benzene rings is 1. The molecule has 1 saturated carbocycles. The molecule has 242 valence electrons. The lowest BCUT2D eigenvalue weighted by atomic mass is 9.90. The van der Waals surface area contributed by atoms with Gasteiger partial charge in [0.05, 0.1) is 38.8 Å². The number of urea groups is 1. The standard InChI is InChI=1S/C34H38N10O3/c1-42-20-27(19-39-42)25-7-12-30(36-17-25)44(33(45)38-16-24-5-3-2-4-6-24)29-10-8-28(9-11-29)40-32-37-18-26(15-35)31(41-32)43-13-14-47-34(21-43)22-46-23-34/h2-7,12,17-20,28-29H,8-11,13-14,16,21-23H2,1H3,(H,38,45)(H,37,40,41). The van der Waals surface area contributed by atoms with Gasteiger partial charge in [-0.15, -0.1) is 0 Å². The molecule has 0 radical (unpaired) electrons. The number of morpholine rings is 1. The molecule has 1 aromatic carbocycles. The molecule has 1 aliphatic carbocycles. The van der Waals surface area contributed by atoms with Gasteiger partial charge in [0.2, 0.25) is 5.95 Å². The first-order valence-electron chi connectivity index (χ1n) is 16.0. The Morgan fingerprint density at radius 2 is 1.89 bits per heavy atom. The highest BCUT2D eigenvalue weighted by Gasteiger charge is 2.44. The number of rotatable bonds is 8. The Labute approximate surface area is 273 Å². The topological polar surface area (TPSA) is 146 Å². The van der Waals surface area contributed by atoms with Crippen LogP contribution in [0.5, 0.6) is 0 Å². The smallest absolute Gasteiger partial charge is 0.323 e. The van der Waals surface area contributed by atoms with E-state index in [9.17, 15) is 10.1 Å². The van der Waals surface area contributed by atoms with Crippen LogP contribution in [0.1, 0.15) is 36.8 Å². The van der Waals surface area contributed by atoms with Crippen LogP contribution in [0, 0.1) is 11.3 Å². The number of aromatic nitrogens is 5. The second-order valence-corrected chi connectivity index (χ2v) is 12.5. The van der Waals surface area contributed by atoms with E-state index in [2.05, 4.69) is 31.7 Å². The Morgan fingerprint density at radius 1 is 1.06 bits per heavy atom. The summed E-state index contributed by atoms with van der Waals surface area (Å²) < 4.78 is 13.1. The number of nitrogens with one attached hydrogen (secondary N) is 2. The Morgan fingerprint density at radius 3 is 2.57 bits per heavy atom. The van der Waals surface area contributed by atoms with E-state index in [-0.39, 0.29) is 23.7 Å². The number of hydrogen-bond acceptors (Lipinski definition) is 10. The number of ether oxygens (including phenoxy) is 2. The number of hydrogen-bond donors (Lipinski definition) is 2. The molecule has 2 N–H and O–H groups in total. The van der Waals surface area contributed by atoms with Crippen LogP contribution in [0.3, 0.4) is 0 Å². The van der Waals surface area contributed by atoms with E-state index >= 15 is 0 Å². The van der Waals surface area contributed by atoms with Crippen LogP contribution >= 0.6 is 0 Å². The predicted molar refractivity (Wildman–Crippen MR) is 176 cm³/mol. The van der Waals surface area contributed by atoms with Gasteiger partial charge in [-0.3, -0.25) is 9.58 Å². The molecular weight excluding hydrogens is 596 g/mol. The Balaban J connectivity index is 1.04. The summed E-state index contributed by atoms with van der Waals surface area (Å²) in [6, 6.07) is 15.9. The number of pyridine rings is 1. The lowest BCUT2D eigenvalue weighted by Crippen LogP contribution is -2.63. The van der Waals surface area contributed by atoms with Crippen molar-refractivity contribution in [2.24, 2.45) is 7.05 Å². The van der Waals surface area contributed by atoms with E-state index < -0.39 is 0 Å². The summed E-state index contributed by atoms with van der Waals surface area (Å²) >= 11 is 0. The van der Waals surface area contributed by atoms with Crippen molar-refractivity contribution >= 4 is 23.6 Å². The highest BCUT2D eigenvalue weighted by molar-refractivity contribution is 5.91. The van der Waals surface area contributed by atoms with Gasteiger partial charge in [0.15, 0.2) is 5.82 Å². The summed E-state index contributed by atoms with van der Waals surface area (Å²) in [5.74, 6) is 1.73. The second kappa shape index (κ2) is 13.4. The van der Waals surface area contributed by atoms with Gasteiger partial charge in [-0.25, -0.2) is 14.8 Å². The van der Waals surface area contributed by atoms with E-state index in [0.29, 0.717) is 62.6 Å². The molecule has 3 aliphatic rings. The summed E-state index contributed by atoms with van der Waals surface area (Å²) in [5.41, 5.74) is 3.06. The van der Waals surface area contributed by atoms with Crippen molar-refractivity contribution in [3.8, 4) is 17.2 Å². The van der Waals surface area contributed by atoms with Gasteiger partial charge < -0.3 is 25.0 Å². The summed E-state index contributed by atoms with van der Waals surface area (Å²) in [4.78, 5) is 31.7. The first-order chi connectivity index (χ1) is 23.0. The SMILES string of the molecule is Cn1cc(-c2ccc(N(C(=O)NCc3ccccc3)C3CCC(Nc4ncc(C#N)c(N5CCOC6(COC6)C5)n4)CC3)nc2)cn1. The molecule has 47 heavy (non-hydrogen) atoms. The quantitative estimate of drug-likeness (QED) is 0.293. The van der Waals surface area contributed by atoms with Gasteiger partial charge >= 0.3 is 6.03 Å². The van der Waals surface area contributed by atoms with Crippen LogP contribution in [-0.2, 0) is 23.1 Å². The van der Waals surface area contributed by atoms with Crippen LogP contribution in [-0.4, -0.2) is 81.4 Å². The van der Waals surface area contributed by atoms with Crippen LogP contribution in [0.15, 0.2) is 67.3 Å². The largest absolute Gasteiger partial charge is 0.375 e. The molecule has 0 atom stereocenters. The average molecular weight is 635 g/mol. The Bertz CT molecular complexity index is 1730. The molecular formula is C34H38N10O3. The summed E-state index contributed by atoms with van der Waals surface area (Å²) in [6.07, 6.45) is 10.3. The normalized spacial score (nSPS) is 20.2. The van der Waals surface area contributed by atoms with Gasteiger partial charge in [-0.05, 0) is 43.4 Å². The molecule has 4 aromatic rings. The molecule has 0 bridgehead atoms. The molecule has 13 nitrogen and oxygen atoms in total. The molecule has 1 spiro atoms. The van der Waals surface area contributed by atoms with E-state index in [1.165, 1.54) is 0 Å². The van der Waals surface area contributed by atoms with Gasteiger partial charge in [-0.1, -0.05) is 30.3 Å². The van der Waals surface area contributed by atoms with Crippen molar-refractivity contribution in [3.05, 3.63) is 78.4 Å². The lowest BCUT2D eigenvalue weighted by molar-refractivity contribution is -0.211. The molecule has 5 heterocycles. The molecule has 0 unspecified atom stereocenters. The molecule has 7 rings (SSSR count). The second-order valence-electron chi connectivity index (χ2n) is 12.5. The Kier molecular flexibility index (Phi) is 8.69. The van der Waals surface area contributed by atoms with E-state index in [1.807, 2.05) is 55.7 Å². The third-order valence-corrected chi connectivity index (χ3v) is 9.10. The van der Waals surface area contributed by atoms with Crippen LogP contribution in [0.4, 0.5) is 22.4 Å². The Hall–Kier alpha value is -5.06. The first-order valence-corrected chi connectivity index (χ1v) is 16.0. The number of carbonyl (C=O) groups excluding carboxylic acids is 1. The minimum absolute atomic E-state index is 0.0350. The molecule has 2 amide bonds. The van der Waals surface area contributed by atoms with Crippen molar-refractivity contribution in [3.63, 3.8) is 0 Å². The number of carbonyl (C=O) groups is 1. The number of nitrogens with zero attached hydrogens (tertiary/aromatic N) is 8. The number of amides is 2. The van der Waals surface area contributed by atoms with Gasteiger partial charge in [-0.2, -0.15) is 15.3 Å². The first kappa shape index (κ1) is 30.6. The molecule has 13 heteroatoms. The fraction of sp³-hybridized carbons (Fsp3) is 0.412. The van der Waals surface area contributed by atoms with E-state index in [1.54, 1.807) is 28.2 Å². The van der Waals surface area contributed by atoms with Gasteiger partial charge in [0.1, 0.15) is 23.1 Å². The van der Waals surface area contributed by atoms with Crippen LogP contribution in [0.2, 0.25) is 0 Å². The minimum Gasteiger partial charge on any atom is -0.375 e. The van der Waals surface area contributed by atoms with Crippen molar-refractivity contribution in [1.82, 2.24) is 30.0 Å². The minimum atomic E-state index is -0.324. The zero-order chi connectivity index (χ0) is 32.2. The van der Waals surface area contributed by atoms with E-state index in [0.717, 1.165) is 42.4 Å². The third kappa shape index (κ3) is 6.74. The van der Waals surface area contributed by atoms with Crippen molar-refractivity contribution < 1.29 is 14.3 Å². The van der Waals surface area contributed by atoms with Crippen LogP contribution < -0.4 is 20.4 Å². The maximum Gasteiger partial charge on any atom is 0.323 e. The van der Waals surface area contributed by atoms with Crippen molar-refractivity contribution in [2.75, 3.05) is 48.0 Å². The monoisotopic (exact) mass is 634 g/mol. The highest BCUT2D eigenvalue weighted by Crippen LogP contribution is 2.32. The maximum absolute atomic E-state index is 13.7. The van der Waals surface area contributed by atoms with E-state index in [4.69, 9.17) is 19.4 Å². The number of nitriles is 1. The summed E-state index contributed by atoms with van der Waals surface area (Å²) in [6.45, 7) is 3.37. The third-order valence-electron chi connectivity index (χ3n) is 9.10. The average Bonchev–Trinajstić information content (AvgIpc) is 3.54.